The molecule has 0 saturated carbocycles. The number of hydrogen-bond donors (Lipinski definition) is 2. The molecule has 0 unspecified atom stereocenters. The Hall–Kier alpha value is -0.130. The third-order valence-electron chi connectivity index (χ3n) is 1.73. The third kappa shape index (κ3) is 8.47. The minimum Gasteiger partial charge on any atom is -0.317 e. The molecule has 0 fully saturated rings. The zero-order valence-corrected chi connectivity index (χ0v) is 10.2. The lowest BCUT2D eigenvalue weighted by Crippen LogP contribution is -2.31. The summed E-state index contributed by atoms with van der Waals surface area (Å²) in [4.78, 5) is 0. The monoisotopic (exact) mass is 222 g/mol. The smallest absolute Gasteiger partial charge is 0.211 e. The Morgan fingerprint density at radius 2 is 1.93 bits per heavy atom. The zero-order chi connectivity index (χ0) is 11.0. The lowest BCUT2D eigenvalue weighted by Gasteiger charge is -2.08. The van der Waals surface area contributed by atoms with Gasteiger partial charge in [0.25, 0.3) is 0 Å². The molecule has 0 atom stereocenters. The van der Waals surface area contributed by atoms with Crippen LogP contribution in [-0.4, -0.2) is 33.8 Å². The van der Waals surface area contributed by atoms with Crippen LogP contribution in [0.3, 0.4) is 0 Å². The Bertz CT molecular complexity index is 225. The van der Waals surface area contributed by atoms with Crippen LogP contribution in [0.2, 0.25) is 0 Å². The van der Waals surface area contributed by atoms with Crippen LogP contribution in [0.4, 0.5) is 0 Å². The minimum atomic E-state index is -3.05. The molecule has 0 saturated heterocycles. The zero-order valence-electron chi connectivity index (χ0n) is 9.34. The van der Waals surface area contributed by atoms with E-state index < -0.39 is 10.0 Å². The van der Waals surface area contributed by atoms with Gasteiger partial charge in [-0.1, -0.05) is 20.8 Å². The van der Waals surface area contributed by atoms with Gasteiger partial charge in [0.15, 0.2) is 0 Å². The molecule has 0 aliphatic rings. The first-order valence-corrected chi connectivity index (χ1v) is 6.81. The van der Waals surface area contributed by atoms with Crippen LogP contribution < -0.4 is 10.0 Å². The third-order valence-corrected chi connectivity index (χ3v) is 3.16. The van der Waals surface area contributed by atoms with Gasteiger partial charge in [0.2, 0.25) is 10.0 Å². The molecular formula is C9H22N2O2S. The summed E-state index contributed by atoms with van der Waals surface area (Å²) in [6, 6.07) is 0. The highest BCUT2D eigenvalue weighted by molar-refractivity contribution is 7.89. The van der Waals surface area contributed by atoms with Crippen LogP contribution in [0.15, 0.2) is 0 Å². The van der Waals surface area contributed by atoms with Gasteiger partial charge in [-0.25, -0.2) is 13.1 Å². The van der Waals surface area contributed by atoms with Crippen LogP contribution >= 0.6 is 0 Å². The molecule has 4 nitrogen and oxygen atoms in total. The number of nitrogens with one attached hydrogen (secondary N) is 2. The number of hydrogen-bond acceptors (Lipinski definition) is 3. The average Bonchev–Trinajstić information content (AvgIpc) is 2.10. The van der Waals surface area contributed by atoms with Crippen molar-refractivity contribution in [2.45, 2.75) is 27.2 Å². The summed E-state index contributed by atoms with van der Waals surface area (Å²) in [5.74, 6) is 0.575. The Balaban J connectivity index is 3.62. The molecule has 5 heteroatoms. The lowest BCUT2D eigenvalue weighted by molar-refractivity contribution is 0.556. The summed E-state index contributed by atoms with van der Waals surface area (Å²) in [5, 5.41) is 3.09. The molecular weight excluding hydrogens is 200 g/mol. The first kappa shape index (κ1) is 13.9. The van der Waals surface area contributed by atoms with Crippen LogP contribution in [0.1, 0.15) is 27.2 Å². The van der Waals surface area contributed by atoms with Gasteiger partial charge < -0.3 is 5.32 Å². The van der Waals surface area contributed by atoms with E-state index >= 15 is 0 Å². The predicted molar refractivity (Wildman–Crippen MR) is 59.8 cm³/mol. The molecule has 0 aliphatic carbocycles. The van der Waals surface area contributed by atoms with E-state index in [4.69, 9.17) is 0 Å². The SMILES string of the molecule is CCNCCCS(=O)(=O)NCC(C)C. The molecule has 86 valence electrons. The Morgan fingerprint density at radius 3 is 2.43 bits per heavy atom. The predicted octanol–water partition coefficient (Wildman–Crippen LogP) is 0.561. The summed E-state index contributed by atoms with van der Waals surface area (Å²) in [7, 11) is -3.05. The summed E-state index contributed by atoms with van der Waals surface area (Å²) >= 11 is 0. The molecule has 0 rings (SSSR count). The van der Waals surface area contributed by atoms with Crippen molar-refractivity contribution in [2.24, 2.45) is 5.92 Å². The van der Waals surface area contributed by atoms with Gasteiger partial charge in [-0.3, -0.25) is 0 Å². The van der Waals surface area contributed by atoms with Crippen LogP contribution in [0.25, 0.3) is 0 Å². The van der Waals surface area contributed by atoms with Crippen molar-refractivity contribution in [3.8, 4) is 0 Å². The normalized spacial score (nSPS) is 12.3. The molecule has 14 heavy (non-hydrogen) atoms. The molecule has 0 heterocycles. The van der Waals surface area contributed by atoms with E-state index in [1.54, 1.807) is 0 Å². The molecule has 0 bridgehead atoms. The fraction of sp³-hybridized carbons (Fsp3) is 1.00. The minimum absolute atomic E-state index is 0.215. The number of sulfonamides is 1. The van der Waals surface area contributed by atoms with Crippen molar-refractivity contribution < 1.29 is 8.42 Å². The summed E-state index contributed by atoms with van der Waals surface area (Å²) in [6.07, 6.45) is 0.668. The molecule has 0 aliphatic heterocycles. The Labute approximate surface area is 87.5 Å². The van der Waals surface area contributed by atoms with Crippen molar-refractivity contribution >= 4 is 10.0 Å². The highest BCUT2D eigenvalue weighted by Crippen LogP contribution is 1.93. The summed E-state index contributed by atoms with van der Waals surface area (Å²) in [5.41, 5.74) is 0. The van der Waals surface area contributed by atoms with Crippen LogP contribution in [0, 0.1) is 5.92 Å². The molecule has 0 aromatic carbocycles. The second kappa shape index (κ2) is 7.20. The molecule has 0 amide bonds. The lowest BCUT2D eigenvalue weighted by atomic mass is 10.2. The quantitative estimate of drug-likeness (QED) is 0.590. The van der Waals surface area contributed by atoms with Crippen molar-refractivity contribution in [1.29, 1.82) is 0 Å². The van der Waals surface area contributed by atoms with Gasteiger partial charge >= 0.3 is 0 Å². The molecule has 0 aromatic heterocycles. The fourth-order valence-electron chi connectivity index (χ4n) is 0.930. The molecule has 0 radical (unpaired) electrons. The van der Waals surface area contributed by atoms with Gasteiger partial charge in [-0.05, 0) is 25.4 Å². The topological polar surface area (TPSA) is 58.2 Å². The van der Waals surface area contributed by atoms with Gasteiger partial charge in [0.05, 0.1) is 5.75 Å². The maximum Gasteiger partial charge on any atom is 0.211 e. The van der Waals surface area contributed by atoms with Gasteiger partial charge in [0, 0.05) is 6.54 Å². The van der Waals surface area contributed by atoms with E-state index in [9.17, 15) is 8.42 Å². The molecule has 0 aromatic rings. The fourth-order valence-corrected chi connectivity index (χ4v) is 2.19. The van der Waals surface area contributed by atoms with Gasteiger partial charge in [-0.2, -0.15) is 0 Å². The first-order valence-electron chi connectivity index (χ1n) is 5.16. The highest BCUT2D eigenvalue weighted by Gasteiger charge is 2.09. The van der Waals surface area contributed by atoms with Crippen molar-refractivity contribution in [3.05, 3.63) is 0 Å². The summed E-state index contributed by atoms with van der Waals surface area (Å²) < 4.78 is 25.3. The first-order chi connectivity index (χ1) is 6.48. The van der Waals surface area contributed by atoms with E-state index in [0.717, 1.165) is 13.1 Å². The van der Waals surface area contributed by atoms with Gasteiger partial charge in [0.1, 0.15) is 0 Å². The molecule has 2 N–H and O–H groups in total. The Morgan fingerprint density at radius 1 is 1.29 bits per heavy atom. The van der Waals surface area contributed by atoms with Crippen molar-refractivity contribution in [2.75, 3.05) is 25.4 Å². The largest absolute Gasteiger partial charge is 0.317 e. The Kier molecular flexibility index (Phi) is 7.13. The maximum absolute atomic E-state index is 11.4. The van der Waals surface area contributed by atoms with Crippen molar-refractivity contribution in [3.63, 3.8) is 0 Å². The van der Waals surface area contributed by atoms with E-state index in [1.807, 2.05) is 20.8 Å². The second-order valence-electron chi connectivity index (χ2n) is 3.77. The van der Waals surface area contributed by atoms with Crippen molar-refractivity contribution in [1.82, 2.24) is 10.0 Å². The number of rotatable bonds is 8. The van der Waals surface area contributed by atoms with E-state index in [-0.39, 0.29) is 5.75 Å². The average molecular weight is 222 g/mol. The second-order valence-corrected chi connectivity index (χ2v) is 5.69. The standard InChI is InChI=1S/C9H22N2O2S/c1-4-10-6-5-7-14(12,13)11-8-9(2)3/h9-11H,4-8H2,1-3H3. The molecule has 0 spiro atoms. The van der Waals surface area contributed by atoms with E-state index in [1.165, 1.54) is 0 Å². The van der Waals surface area contributed by atoms with Crippen LogP contribution in [0.5, 0.6) is 0 Å². The van der Waals surface area contributed by atoms with Gasteiger partial charge in [-0.15, -0.1) is 0 Å². The highest BCUT2D eigenvalue weighted by atomic mass is 32.2. The maximum atomic E-state index is 11.4. The summed E-state index contributed by atoms with van der Waals surface area (Å²) in [6.45, 7) is 8.16. The van der Waals surface area contributed by atoms with Crippen LogP contribution in [-0.2, 0) is 10.0 Å². The van der Waals surface area contributed by atoms with E-state index in [2.05, 4.69) is 10.0 Å². The van der Waals surface area contributed by atoms with E-state index in [0.29, 0.717) is 18.9 Å².